The summed E-state index contributed by atoms with van der Waals surface area (Å²) in [5, 5.41) is 2.95. The molecule has 4 rings (SSSR count). The van der Waals surface area contributed by atoms with Crippen molar-refractivity contribution in [3.05, 3.63) is 46.2 Å². The average Bonchev–Trinajstić information content (AvgIpc) is 3.26. The molecule has 24 heavy (non-hydrogen) atoms. The Labute approximate surface area is 143 Å². The van der Waals surface area contributed by atoms with Crippen LogP contribution in [-0.4, -0.2) is 45.2 Å². The molecule has 0 aliphatic carbocycles. The fourth-order valence-electron chi connectivity index (χ4n) is 3.05. The lowest BCUT2D eigenvalue weighted by Gasteiger charge is -2.14. The number of alkyl halides is 1. The van der Waals surface area contributed by atoms with Gasteiger partial charge in [0, 0.05) is 24.7 Å². The van der Waals surface area contributed by atoms with Crippen LogP contribution in [0.2, 0.25) is 0 Å². The standard InChI is InChI=1S/C17H19FN4OS/c1-11-2-3-13-14(6-11)21-16(20-13)10-23-15-8-22(7-12(15)18)9-17-19-4-5-24-17/h2-6,12,15H,7-10H2,1H3,(H,20,21). The average molecular weight is 346 g/mol. The summed E-state index contributed by atoms with van der Waals surface area (Å²) in [4.78, 5) is 14.0. The van der Waals surface area contributed by atoms with E-state index >= 15 is 0 Å². The summed E-state index contributed by atoms with van der Waals surface area (Å²) in [7, 11) is 0. The van der Waals surface area contributed by atoms with Crippen LogP contribution in [0, 0.1) is 6.92 Å². The van der Waals surface area contributed by atoms with Gasteiger partial charge in [0.15, 0.2) is 0 Å². The third kappa shape index (κ3) is 3.33. The molecule has 1 aliphatic heterocycles. The quantitative estimate of drug-likeness (QED) is 0.771. The second kappa shape index (κ2) is 6.58. The predicted molar refractivity (Wildman–Crippen MR) is 91.7 cm³/mol. The fraction of sp³-hybridized carbons (Fsp3) is 0.412. The van der Waals surface area contributed by atoms with Gasteiger partial charge in [0.1, 0.15) is 29.7 Å². The molecule has 0 saturated carbocycles. The van der Waals surface area contributed by atoms with E-state index in [1.807, 2.05) is 24.4 Å². The number of likely N-dealkylation sites (tertiary alicyclic amines) is 1. The first-order chi connectivity index (χ1) is 11.7. The van der Waals surface area contributed by atoms with E-state index in [1.54, 1.807) is 17.5 Å². The van der Waals surface area contributed by atoms with Gasteiger partial charge in [-0.15, -0.1) is 11.3 Å². The Morgan fingerprint density at radius 2 is 2.33 bits per heavy atom. The van der Waals surface area contributed by atoms with Crippen molar-refractivity contribution in [1.29, 1.82) is 0 Å². The highest BCUT2D eigenvalue weighted by Crippen LogP contribution is 2.21. The van der Waals surface area contributed by atoms with Crippen molar-refractivity contribution >= 4 is 22.4 Å². The minimum absolute atomic E-state index is 0.296. The molecule has 0 bridgehead atoms. The number of rotatable bonds is 5. The molecule has 0 spiro atoms. The van der Waals surface area contributed by atoms with E-state index in [-0.39, 0.29) is 0 Å². The lowest BCUT2D eigenvalue weighted by atomic mass is 10.2. The first-order valence-electron chi connectivity index (χ1n) is 7.99. The number of nitrogens with one attached hydrogen (secondary N) is 1. The Morgan fingerprint density at radius 1 is 1.42 bits per heavy atom. The molecule has 126 valence electrons. The van der Waals surface area contributed by atoms with Crippen LogP contribution in [0.4, 0.5) is 4.39 Å². The number of hydrogen-bond donors (Lipinski definition) is 1. The Hall–Kier alpha value is -1.83. The van der Waals surface area contributed by atoms with Crippen molar-refractivity contribution in [1.82, 2.24) is 19.9 Å². The maximum absolute atomic E-state index is 14.2. The molecule has 1 aromatic carbocycles. The van der Waals surface area contributed by atoms with E-state index in [2.05, 4.69) is 25.9 Å². The largest absolute Gasteiger partial charge is 0.366 e. The van der Waals surface area contributed by atoms with Gasteiger partial charge in [-0.1, -0.05) is 6.07 Å². The Balaban J connectivity index is 1.36. The molecule has 1 aliphatic rings. The van der Waals surface area contributed by atoms with Gasteiger partial charge in [0.25, 0.3) is 0 Å². The molecule has 0 radical (unpaired) electrons. The van der Waals surface area contributed by atoms with Gasteiger partial charge in [-0.3, -0.25) is 4.90 Å². The van der Waals surface area contributed by atoms with Crippen molar-refractivity contribution in [2.75, 3.05) is 13.1 Å². The number of H-pyrrole nitrogens is 1. The molecule has 1 fully saturated rings. The maximum Gasteiger partial charge on any atom is 0.140 e. The number of thiazole rings is 1. The van der Waals surface area contributed by atoms with Gasteiger partial charge in [-0.25, -0.2) is 14.4 Å². The third-order valence-corrected chi connectivity index (χ3v) is 5.00. The van der Waals surface area contributed by atoms with Crippen LogP contribution >= 0.6 is 11.3 Å². The van der Waals surface area contributed by atoms with Crippen LogP contribution in [0.5, 0.6) is 0 Å². The second-order valence-corrected chi connectivity index (χ2v) is 7.17. The number of imidazole rings is 1. The van der Waals surface area contributed by atoms with Crippen LogP contribution in [0.1, 0.15) is 16.4 Å². The Kier molecular flexibility index (Phi) is 4.30. The van der Waals surface area contributed by atoms with Crippen molar-refractivity contribution in [2.24, 2.45) is 0 Å². The molecular weight excluding hydrogens is 327 g/mol. The Bertz CT molecular complexity index is 819. The van der Waals surface area contributed by atoms with Crippen LogP contribution < -0.4 is 0 Å². The first-order valence-corrected chi connectivity index (χ1v) is 8.87. The summed E-state index contributed by atoms with van der Waals surface area (Å²) in [6.45, 7) is 4.00. The van der Waals surface area contributed by atoms with E-state index in [4.69, 9.17) is 4.74 Å². The molecule has 0 amide bonds. The van der Waals surface area contributed by atoms with E-state index in [1.165, 1.54) is 5.56 Å². The predicted octanol–water partition coefficient (Wildman–Crippen LogP) is 3.07. The van der Waals surface area contributed by atoms with Crippen LogP contribution in [0.25, 0.3) is 11.0 Å². The molecule has 2 atom stereocenters. The second-order valence-electron chi connectivity index (χ2n) is 6.19. The van der Waals surface area contributed by atoms with E-state index in [9.17, 15) is 4.39 Å². The summed E-state index contributed by atoms with van der Waals surface area (Å²) in [6, 6.07) is 6.06. The number of nitrogens with zero attached hydrogens (tertiary/aromatic N) is 3. The summed E-state index contributed by atoms with van der Waals surface area (Å²) in [5.74, 6) is 0.737. The van der Waals surface area contributed by atoms with E-state index in [0.717, 1.165) is 21.9 Å². The lowest BCUT2D eigenvalue weighted by molar-refractivity contribution is 0.00863. The monoisotopic (exact) mass is 346 g/mol. The number of aromatic amines is 1. The molecule has 1 N–H and O–H groups in total. The number of aromatic nitrogens is 3. The van der Waals surface area contributed by atoms with Gasteiger partial charge < -0.3 is 9.72 Å². The number of halogens is 1. The molecule has 3 aromatic rings. The smallest absolute Gasteiger partial charge is 0.140 e. The number of hydrogen-bond acceptors (Lipinski definition) is 5. The molecular formula is C17H19FN4OS. The summed E-state index contributed by atoms with van der Waals surface area (Å²) < 4.78 is 20.0. The van der Waals surface area contributed by atoms with Crippen LogP contribution in [0.15, 0.2) is 29.8 Å². The summed E-state index contributed by atoms with van der Waals surface area (Å²) in [6.07, 6.45) is 0.386. The van der Waals surface area contributed by atoms with Crippen molar-refractivity contribution < 1.29 is 9.13 Å². The zero-order chi connectivity index (χ0) is 16.5. The van der Waals surface area contributed by atoms with E-state index < -0.39 is 12.3 Å². The van der Waals surface area contributed by atoms with E-state index in [0.29, 0.717) is 26.2 Å². The molecule has 1 saturated heterocycles. The molecule has 3 heterocycles. The van der Waals surface area contributed by atoms with Gasteiger partial charge in [0.05, 0.1) is 17.6 Å². The van der Waals surface area contributed by atoms with Crippen LogP contribution in [0.3, 0.4) is 0 Å². The Morgan fingerprint density at radius 3 is 3.17 bits per heavy atom. The van der Waals surface area contributed by atoms with Gasteiger partial charge >= 0.3 is 0 Å². The highest BCUT2D eigenvalue weighted by molar-refractivity contribution is 7.09. The summed E-state index contributed by atoms with van der Waals surface area (Å²) in [5.41, 5.74) is 3.08. The zero-order valence-electron chi connectivity index (χ0n) is 13.4. The third-order valence-electron chi connectivity index (χ3n) is 4.24. The lowest BCUT2D eigenvalue weighted by Crippen LogP contribution is -2.24. The fourth-order valence-corrected chi connectivity index (χ4v) is 3.70. The highest BCUT2D eigenvalue weighted by atomic mass is 32.1. The normalized spacial score (nSPS) is 21.8. The number of fused-ring (bicyclic) bond motifs is 1. The van der Waals surface area contributed by atoms with Gasteiger partial charge in [-0.2, -0.15) is 0 Å². The number of benzene rings is 1. The van der Waals surface area contributed by atoms with Gasteiger partial charge in [0.2, 0.25) is 0 Å². The minimum Gasteiger partial charge on any atom is -0.366 e. The zero-order valence-corrected chi connectivity index (χ0v) is 14.2. The minimum atomic E-state index is -0.975. The number of aryl methyl sites for hydroxylation is 1. The van der Waals surface area contributed by atoms with Crippen molar-refractivity contribution in [2.45, 2.75) is 32.4 Å². The number of ether oxygens (including phenoxy) is 1. The summed E-state index contributed by atoms with van der Waals surface area (Å²) >= 11 is 1.59. The highest BCUT2D eigenvalue weighted by Gasteiger charge is 2.34. The SMILES string of the molecule is Cc1ccc2nc(COC3CN(Cc4nccs4)CC3F)[nH]c2c1. The van der Waals surface area contributed by atoms with Crippen molar-refractivity contribution in [3.8, 4) is 0 Å². The van der Waals surface area contributed by atoms with Crippen LogP contribution in [-0.2, 0) is 17.9 Å². The molecule has 2 aromatic heterocycles. The first kappa shape index (κ1) is 15.7. The topological polar surface area (TPSA) is 54.0 Å². The molecule has 5 nitrogen and oxygen atoms in total. The molecule has 7 heteroatoms. The van der Waals surface area contributed by atoms with Gasteiger partial charge in [-0.05, 0) is 24.6 Å². The molecule has 2 unspecified atom stereocenters. The van der Waals surface area contributed by atoms with Crippen molar-refractivity contribution in [3.63, 3.8) is 0 Å². The maximum atomic E-state index is 14.2.